The van der Waals surface area contributed by atoms with Gasteiger partial charge in [0.2, 0.25) is 17.1 Å². The summed E-state index contributed by atoms with van der Waals surface area (Å²) in [6.07, 6.45) is 5.16. The number of rotatable bonds is 6. The zero-order valence-electron chi connectivity index (χ0n) is 78.0. The summed E-state index contributed by atoms with van der Waals surface area (Å²) in [5.41, 5.74) is 32.6. The van der Waals surface area contributed by atoms with Crippen LogP contribution >= 0.6 is 0 Å². The van der Waals surface area contributed by atoms with Gasteiger partial charge >= 0.3 is 0 Å². The molecule has 0 radical (unpaired) electrons. The normalized spacial score (nSPS) is 23.3. The fourth-order valence-electron chi connectivity index (χ4n) is 18.5. The molecular formula is C106H92N3+3. The van der Waals surface area contributed by atoms with E-state index >= 15 is 0 Å². The SMILES string of the molecule is [2H]C([2H])([2H])c1c[n+](C)c(-c2ccccc2C)cc1-c1cc(C)c2c(c1)C1([2H])c3ccccc3C2([2H])c2cc(C)ccc21.[2H]C([2H])([2H])c1c[n+](C)c(-c2ccccc2C)cc1-c1cc2c(cc1C)C1([2H])c3ccccc3C2([2H])c2ccccc21.[2H]C([2H])([2H])c1c[n+](C)c(-c2ccccc2C)cc1-c1ccc2c(c1)C1([2H])c3ccccc3C2([2H])c2cc(C)ccc21. The standard InChI is InChI=1S/C36H32N.2C35H30N/c1-21-14-15-29-31(16-21)36-28-13-9-8-12-27(28)35(29)32-18-25(17-23(3)34(32)36)30-19-33(37(5)20-24(30)4)26-11-7-6-10-22(26)2;1-21-11-5-6-12-24(21)33-19-30(23(3)20-36(33)4)29-18-32-31(17-22(29)2)34-25-13-7-9-15-27(25)35(32)28-16-10-8-14-26(28)34;1-21-13-15-28-31(17-21)34-26-11-7-8-12-27(26)35(28)32-18-24(14-16-29(32)34)30-19-33(36(4)20-23(30)3)25-10-6-5-9-22(25)2/h6-20,35-36H,1-5H3;2*5-20,34-35H,1-4H3/q3*+1/i4D3,35D,36D;2*3D3,34D,35D. The zero-order chi connectivity index (χ0) is 87.6. The fourth-order valence-corrected chi connectivity index (χ4v) is 18.5. The molecule has 0 spiro atoms. The predicted molar refractivity (Wildman–Crippen MR) is 447 cm³/mol. The molecule has 12 aromatic carbocycles. The van der Waals surface area contributed by atoms with Gasteiger partial charge in [0, 0.05) is 108 Å². The summed E-state index contributed by atoms with van der Waals surface area (Å²) in [6.45, 7) is 7.19. The number of nitrogens with zero attached hydrogens (tertiary/aromatic N) is 3. The summed E-state index contributed by atoms with van der Waals surface area (Å²) < 4.78 is 142. The van der Waals surface area contributed by atoms with Crippen LogP contribution in [0.4, 0.5) is 0 Å². The van der Waals surface area contributed by atoms with Crippen molar-refractivity contribution in [3.8, 4) is 67.2 Å². The van der Waals surface area contributed by atoms with Gasteiger partial charge in [0.05, 0.1) is 0 Å². The Kier molecular flexibility index (Phi) is 12.7. The molecule has 0 amide bonds. The summed E-state index contributed by atoms with van der Waals surface area (Å²) >= 11 is 0. The third kappa shape index (κ3) is 10.8. The van der Waals surface area contributed by atoms with Crippen LogP contribution in [0.15, 0.2) is 286 Å². The average molecular weight is 1420 g/mol. The molecule has 4 atom stereocenters. The van der Waals surface area contributed by atoms with Crippen molar-refractivity contribution in [2.45, 2.75) is 104 Å². The van der Waals surface area contributed by atoms with E-state index in [1.54, 1.807) is 18.6 Å². The monoisotopic (exact) mass is 1420 g/mol. The van der Waals surface area contributed by atoms with Gasteiger partial charge in [-0.05, 0) is 267 Å². The highest BCUT2D eigenvalue weighted by atomic mass is 14.9. The maximum Gasteiger partial charge on any atom is 0.213 e. The van der Waals surface area contributed by atoms with Crippen LogP contribution in [0, 0.1) is 69.0 Å². The van der Waals surface area contributed by atoms with Crippen molar-refractivity contribution in [1.82, 2.24) is 0 Å². The lowest BCUT2D eigenvalue weighted by molar-refractivity contribution is -0.660. The van der Waals surface area contributed by atoms with Crippen LogP contribution in [0.5, 0.6) is 0 Å². The molecular weight excluding hydrogens is 1320 g/mol. The van der Waals surface area contributed by atoms with Crippen molar-refractivity contribution in [3.05, 3.63) is 441 Å². The van der Waals surface area contributed by atoms with E-state index in [-0.39, 0.29) is 16.7 Å². The Bertz CT molecular complexity index is 6980. The number of hydrogen-bond donors (Lipinski definition) is 0. The van der Waals surface area contributed by atoms with E-state index in [1.165, 1.54) is 0 Å². The van der Waals surface area contributed by atoms with Crippen LogP contribution in [0.25, 0.3) is 67.2 Å². The van der Waals surface area contributed by atoms with Crippen molar-refractivity contribution in [3.63, 3.8) is 0 Å². The number of aryl methyl sites for hydroxylation is 13. The van der Waals surface area contributed by atoms with Gasteiger partial charge in [-0.25, -0.2) is 13.7 Å². The topological polar surface area (TPSA) is 11.6 Å². The summed E-state index contributed by atoms with van der Waals surface area (Å²) in [6, 6.07) is 87.6. The summed E-state index contributed by atoms with van der Waals surface area (Å²) in [5, 5.41) is 0. The lowest BCUT2D eigenvalue weighted by Gasteiger charge is -2.43. The van der Waals surface area contributed by atoms with E-state index in [4.69, 9.17) is 12.3 Å². The van der Waals surface area contributed by atoms with Crippen LogP contribution in [0.1, 0.15) is 212 Å². The largest absolute Gasteiger partial charge is 0.213 e. The minimum absolute atomic E-state index is 0.259. The first-order valence-electron chi connectivity index (χ1n) is 45.2. The third-order valence-electron chi connectivity index (χ3n) is 23.6. The number of pyridine rings is 3. The Balaban J connectivity index is 0.000000122. The van der Waals surface area contributed by atoms with E-state index in [1.807, 2.05) is 287 Å². The molecule has 6 bridgehead atoms. The van der Waals surface area contributed by atoms with E-state index in [0.29, 0.717) is 16.7 Å². The smallest absolute Gasteiger partial charge is 0.201 e. The van der Waals surface area contributed by atoms with Crippen LogP contribution in [-0.4, -0.2) is 0 Å². The first-order chi connectivity index (χ1) is 58.8. The highest BCUT2D eigenvalue weighted by Gasteiger charge is 2.45. The van der Waals surface area contributed by atoms with E-state index in [9.17, 15) is 8.22 Å². The molecule has 3 nitrogen and oxygen atoms in total. The van der Waals surface area contributed by atoms with Gasteiger partial charge < -0.3 is 0 Å². The van der Waals surface area contributed by atoms with Crippen molar-refractivity contribution >= 4 is 0 Å². The van der Waals surface area contributed by atoms with Crippen molar-refractivity contribution in [2.24, 2.45) is 21.1 Å². The van der Waals surface area contributed by atoms with Gasteiger partial charge in [0.15, 0.2) is 18.6 Å². The predicted octanol–water partition coefficient (Wildman–Crippen LogP) is 23.6. The number of hydrogen-bond acceptors (Lipinski definition) is 0. The van der Waals surface area contributed by atoms with Gasteiger partial charge in [-0.1, -0.05) is 223 Å². The fraction of sp³-hybridized carbons (Fsp3) is 0.179. The Morgan fingerprint density at radius 3 is 0.945 bits per heavy atom. The van der Waals surface area contributed by atoms with Crippen molar-refractivity contribution in [1.29, 1.82) is 0 Å². The molecule has 9 aliphatic rings. The van der Waals surface area contributed by atoms with E-state index in [2.05, 4.69) is 63.2 Å². The Hall–Kier alpha value is -11.9. The highest BCUT2D eigenvalue weighted by Crippen LogP contribution is 2.60. The molecule has 0 saturated heterocycles. The molecule has 3 heteroatoms. The Labute approximate surface area is 665 Å². The summed E-state index contributed by atoms with van der Waals surface area (Å²) in [4.78, 5) is 0. The average Bonchev–Trinajstić information content (AvgIpc) is 0.672. The van der Waals surface area contributed by atoms with Gasteiger partial charge in [-0.3, -0.25) is 0 Å². The van der Waals surface area contributed by atoms with Crippen LogP contribution in [0.3, 0.4) is 0 Å². The number of aromatic nitrogens is 3. The minimum atomic E-state index is -2.34. The molecule has 15 aromatic rings. The molecule has 3 aromatic heterocycles. The molecule has 9 aliphatic carbocycles. The molecule has 109 heavy (non-hydrogen) atoms. The van der Waals surface area contributed by atoms with E-state index in [0.717, 1.165) is 190 Å². The Morgan fingerprint density at radius 1 is 0.220 bits per heavy atom. The zero-order valence-corrected chi connectivity index (χ0v) is 63.0. The quantitative estimate of drug-likeness (QED) is 0.147. The lowest BCUT2D eigenvalue weighted by Crippen LogP contribution is -2.31. The van der Waals surface area contributed by atoms with Crippen LogP contribution in [-0.2, 0) is 21.1 Å². The van der Waals surface area contributed by atoms with Gasteiger partial charge in [0.1, 0.15) is 21.1 Å². The minimum Gasteiger partial charge on any atom is -0.201 e. The first kappa shape index (κ1) is 53.0. The number of benzene rings is 12. The molecule has 0 aliphatic heterocycles. The second-order valence-electron chi connectivity index (χ2n) is 30.5. The first-order valence-corrected chi connectivity index (χ1v) is 37.7. The molecule has 4 unspecified atom stereocenters. The molecule has 3 heterocycles. The van der Waals surface area contributed by atoms with Gasteiger partial charge in [0.25, 0.3) is 0 Å². The van der Waals surface area contributed by atoms with E-state index < -0.39 is 55.9 Å². The maximum atomic E-state index is 10.2. The Morgan fingerprint density at radius 2 is 0.523 bits per heavy atom. The van der Waals surface area contributed by atoms with Crippen LogP contribution in [0.2, 0.25) is 0 Å². The molecule has 24 rings (SSSR count). The summed E-state index contributed by atoms with van der Waals surface area (Å²) in [5.74, 6) is -7.13. The van der Waals surface area contributed by atoms with Crippen molar-refractivity contribution < 1.29 is 34.3 Å². The highest BCUT2D eigenvalue weighted by molar-refractivity contribution is 5.82. The second kappa shape index (κ2) is 26.2. The lowest BCUT2D eigenvalue weighted by atomic mass is 9.60. The molecule has 0 N–H and O–H groups in total. The van der Waals surface area contributed by atoms with Gasteiger partial charge in [-0.2, -0.15) is 0 Å². The van der Waals surface area contributed by atoms with Crippen LogP contribution < -0.4 is 13.7 Å². The molecule has 0 saturated carbocycles. The van der Waals surface area contributed by atoms with Crippen molar-refractivity contribution in [2.75, 3.05) is 0 Å². The molecule has 528 valence electrons. The maximum absolute atomic E-state index is 10.2. The molecule has 0 fully saturated rings. The summed E-state index contributed by atoms with van der Waals surface area (Å²) in [7, 11) is 5.65. The van der Waals surface area contributed by atoms with Gasteiger partial charge in [-0.15, -0.1) is 0 Å². The third-order valence-corrected chi connectivity index (χ3v) is 23.6. The second-order valence-corrected chi connectivity index (χ2v) is 30.5.